The van der Waals surface area contributed by atoms with E-state index >= 15 is 0 Å². The molecule has 0 unspecified atom stereocenters. The van der Waals surface area contributed by atoms with Gasteiger partial charge in [-0.25, -0.2) is 0 Å². The van der Waals surface area contributed by atoms with Gasteiger partial charge in [0.05, 0.1) is 17.6 Å². The maximum absolute atomic E-state index is 11.9. The molecule has 2 aromatic rings. The van der Waals surface area contributed by atoms with Gasteiger partial charge >= 0.3 is 0 Å². The molecule has 2 heterocycles. The van der Waals surface area contributed by atoms with Crippen molar-refractivity contribution in [3.63, 3.8) is 0 Å². The lowest BCUT2D eigenvalue weighted by molar-refractivity contribution is 0.102. The molecular formula is C9H12N6OS. The highest BCUT2D eigenvalue weighted by Crippen LogP contribution is 2.17. The number of nitrogens with two attached hydrogens (primary N) is 1. The zero-order chi connectivity index (χ0) is 12.3. The number of rotatable bonds is 4. The number of nitrogens with zero attached hydrogens (tertiary/aromatic N) is 3. The number of H-pyrrole nitrogens is 1. The molecule has 0 spiro atoms. The fourth-order valence-electron chi connectivity index (χ4n) is 1.35. The van der Waals surface area contributed by atoms with Crippen molar-refractivity contribution < 1.29 is 4.79 Å². The van der Waals surface area contributed by atoms with Crippen LogP contribution in [-0.2, 0) is 6.42 Å². The smallest absolute Gasteiger partial charge is 0.270 e. The second kappa shape index (κ2) is 4.91. The molecule has 4 N–H and O–H groups in total. The molecule has 90 valence electrons. The van der Waals surface area contributed by atoms with Crippen molar-refractivity contribution in [1.29, 1.82) is 0 Å². The number of amides is 1. The minimum atomic E-state index is -0.264. The Morgan fingerprint density at radius 3 is 3.12 bits per heavy atom. The molecule has 0 aromatic carbocycles. The van der Waals surface area contributed by atoms with Gasteiger partial charge in [0.2, 0.25) is 0 Å². The third-order valence-electron chi connectivity index (χ3n) is 2.16. The van der Waals surface area contributed by atoms with Gasteiger partial charge < -0.3 is 11.1 Å². The summed E-state index contributed by atoms with van der Waals surface area (Å²) < 4.78 is 3.79. The monoisotopic (exact) mass is 252 g/mol. The van der Waals surface area contributed by atoms with Crippen LogP contribution >= 0.6 is 11.5 Å². The van der Waals surface area contributed by atoms with Crippen LogP contribution in [0.5, 0.6) is 0 Å². The van der Waals surface area contributed by atoms with E-state index in [4.69, 9.17) is 5.73 Å². The number of anilines is 2. The summed E-state index contributed by atoms with van der Waals surface area (Å²) in [6.45, 7) is 2.02. The van der Waals surface area contributed by atoms with E-state index in [1.54, 1.807) is 0 Å². The molecule has 0 aliphatic rings. The average molecular weight is 252 g/mol. The van der Waals surface area contributed by atoms with Gasteiger partial charge in [-0.1, -0.05) is 17.8 Å². The third-order valence-corrected chi connectivity index (χ3v) is 2.92. The van der Waals surface area contributed by atoms with E-state index in [2.05, 4.69) is 25.1 Å². The van der Waals surface area contributed by atoms with Crippen LogP contribution in [0.3, 0.4) is 0 Å². The molecule has 2 rings (SSSR count). The van der Waals surface area contributed by atoms with Gasteiger partial charge in [0.25, 0.3) is 5.91 Å². The summed E-state index contributed by atoms with van der Waals surface area (Å²) in [5.74, 6) is 0.130. The molecule has 0 aliphatic heterocycles. The highest BCUT2D eigenvalue weighted by atomic mass is 32.1. The van der Waals surface area contributed by atoms with E-state index < -0.39 is 0 Å². The Labute approximate surface area is 102 Å². The molecular weight excluding hydrogens is 240 g/mol. The van der Waals surface area contributed by atoms with E-state index in [9.17, 15) is 4.79 Å². The second-order valence-electron chi connectivity index (χ2n) is 3.45. The minimum Gasteiger partial charge on any atom is -0.394 e. The molecule has 2 aromatic heterocycles. The Morgan fingerprint density at radius 1 is 1.65 bits per heavy atom. The molecule has 1 amide bonds. The lowest BCUT2D eigenvalue weighted by atomic mass is 10.2. The summed E-state index contributed by atoms with van der Waals surface area (Å²) in [5, 5.41) is 12.9. The average Bonchev–Trinajstić information content (AvgIpc) is 2.89. The van der Waals surface area contributed by atoms with Gasteiger partial charge in [-0.05, 0) is 18.0 Å². The van der Waals surface area contributed by atoms with Crippen LogP contribution in [0.4, 0.5) is 11.5 Å². The molecule has 0 atom stereocenters. The van der Waals surface area contributed by atoms with Gasteiger partial charge in [0.1, 0.15) is 4.88 Å². The van der Waals surface area contributed by atoms with Crippen LogP contribution < -0.4 is 11.1 Å². The Kier molecular flexibility index (Phi) is 3.33. The number of hydrogen-bond donors (Lipinski definition) is 3. The third kappa shape index (κ3) is 2.41. The Hall–Kier alpha value is -1.96. The highest BCUT2D eigenvalue weighted by molar-refractivity contribution is 7.08. The summed E-state index contributed by atoms with van der Waals surface area (Å²) in [5.41, 5.74) is 6.71. The Morgan fingerprint density at radius 2 is 2.47 bits per heavy atom. The standard InChI is InChI=1S/C9H12N6OS/c1-2-3-6-7(17-15-13-6)9(16)12-8-5(10)4-11-14-8/h4H,2-3,10H2,1H3,(H2,11,12,14,16). The summed E-state index contributed by atoms with van der Waals surface area (Å²) in [7, 11) is 0. The van der Waals surface area contributed by atoms with Crippen molar-refractivity contribution in [3.8, 4) is 0 Å². The summed E-state index contributed by atoms with van der Waals surface area (Å²) >= 11 is 1.08. The number of aromatic nitrogens is 4. The predicted molar refractivity (Wildman–Crippen MR) is 64.9 cm³/mol. The summed E-state index contributed by atoms with van der Waals surface area (Å²) in [4.78, 5) is 12.5. The van der Waals surface area contributed by atoms with Crippen molar-refractivity contribution in [3.05, 3.63) is 16.8 Å². The van der Waals surface area contributed by atoms with E-state index in [1.165, 1.54) is 6.20 Å². The zero-order valence-electron chi connectivity index (χ0n) is 9.23. The van der Waals surface area contributed by atoms with Crippen LogP contribution in [-0.4, -0.2) is 25.7 Å². The van der Waals surface area contributed by atoms with E-state index in [0.717, 1.165) is 24.4 Å². The molecule has 0 fully saturated rings. The molecule has 0 saturated carbocycles. The second-order valence-corrected chi connectivity index (χ2v) is 4.21. The van der Waals surface area contributed by atoms with Gasteiger partial charge in [-0.15, -0.1) is 5.10 Å². The largest absolute Gasteiger partial charge is 0.394 e. The molecule has 8 heteroatoms. The van der Waals surface area contributed by atoms with E-state index in [-0.39, 0.29) is 5.91 Å². The molecule has 0 radical (unpaired) electrons. The predicted octanol–water partition coefficient (Wildman–Crippen LogP) is 1.05. The Balaban J connectivity index is 2.15. The van der Waals surface area contributed by atoms with Gasteiger partial charge in [0, 0.05) is 0 Å². The lowest BCUT2D eigenvalue weighted by Gasteiger charge is -2.02. The van der Waals surface area contributed by atoms with Crippen LogP contribution in [0.25, 0.3) is 0 Å². The molecule has 0 aliphatic carbocycles. The number of nitrogen functional groups attached to an aromatic ring is 1. The fourth-order valence-corrected chi connectivity index (χ4v) is 1.95. The van der Waals surface area contributed by atoms with Gasteiger partial charge in [0.15, 0.2) is 5.82 Å². The first-order valence-electron chi connectivity index (χ1n) is 5.13. The number of carbonyl (C=O) groups excluding carboxylic acids is 1. The van der Waals surface area contributed by atoms with Gasteiger partial charge in [-0.2, -0.15) is 5.10 Å². The van der Waals surface area contributed by atoms with Crippen molar-refractivity contribution in [2.24, 2.45) is 0 Å². The van der Waals surface area contributed by atoms with Crippen LogP contribution in [0.15, 0.2) is 6.20 Å². The molecule has 17 heavy (non-hydrogen) atoms. The van der Waals surface area contributed by atoms with E-state index in [0.29, 0.717) is 22.1 Å². The first kappa shape index (κ1) is 11.5. The quantitative estimate of drug-likeness (QED) is 0.753. The van der Waals surface area contributed by atoms with Crippen LogP contribution in [0.1, 0.15) is 28.7 Å². The fraction of sp³-hybridized carbons (Fsp3) is 0.333. The molecule has 7 nitrogen and oxygen atoms in total. The maximum Gasteiger partial charge on any atom is 0.270 e. The van der Waals surface area contributed by atoms with Crippen LogP contribution in [0.2, 0.25) is 0 Å². The van der Waals surface area contributed by atoms with Crippen molar-refractivity contribution in [2.75, 3.05) is 11.1 Å². The maximum atomic E-state index is 11.9. The SMILES string of the molecule is CCCc1nnsc1C(=O)Nc1[nH]ncc1N. The van der Waals surface area contributed by atoms with E-state index in [1.807, 2.05) is 6.92 Å². The number of aromatic amines is 1. The topological polar surface area (TPSA) is 110 Å². The minimum absolute atomic E-state index is 0.264. The lowest BCUT2D eigenvalue weighted by Crippen LogP contribution is -2.13. The molecule has 0 bridgehead atoms. The summed E-state index contributed by atoms with van der Waals surface area (Å²) in [6, 6.07) is 0. The summed E-state index contributed by atoms with van der Waals surface area (Å²) in [6.07, 6.45) is 3.09. The molecule has 0 saturated heterocycles. The number of aryl methyl sites for hydroxylation is 1. The number of nitrogens with one attached hydrogen (secondary N) is 2. The number of hydrogen-bond acceptors (Lipinski definition) is 6. The first-order valence-corrected chi connectivity index (χ1v) is 5.91. The van der Waals surface area contributed by atoms with Crippen molar-refractivity contribution in [2.45, 2.75) is 19.8 Å². The van der Waals surface area contributed by atoms with Crippen molar-refractivity contribution >= 4 is 28.9 Å². The van der Waals surface area contributed by atoms with Crippen molar-refractivity contribution in [1.82, 2.24) is 19.8 Å². The zero-order valence-corrected chi connectivity index (χ0v) is 10.0. The van der Waals surface area contributed by atoms with Crippen LogP contribution in [0, 0.1) is 0 Å². The van der Waals surface area contributed by atoms with Gasteiger partial charge in [-0.3, -0.25) is 9.89 Å². The Bertz CT molecular complexity index is 519. The highest BCUT2D eigenvalue weighted by Gasteiger charge is 2.17. The number of carbonyl (C=O) groups is 1. The normalized spacial score (nSPS) is 10.4. The first-order chi connectivity index (χ1) is 8.22.